The lowest BCUT2D eigenvalue weighted by atomic mass is 9.92. The fourth-order valence-corrected chi connectivity index (χ4v) is 3.11. The van der Waals surface area contributed by atoms with Gasteiger partial charge < -0.3 is 10.4 Å². The van der Waals surface area contributed by atoms with Crippen LogP contribution in [0.2, 0.25) is 0 Å². The van der Waals surface area contributed by atoms with Gasteiger partial charge in [-0.15, -0.1) is 5.10 Å². The van der Waals surface area contributed by atoms with E-state index in [1.54, 1.807) is 41.3 Å². The average Bonchev–Trinajstić information content (AvgIpc) is 3.19. The van der Waals surface area contributed by atoms with Crippen molar-refractivity contribution in [3.05, 3.63) is 42.2 Å². The van der Waals surface area contributed by atoms with Crippen LogP contribution in [0, 0.1) is 0 Å². The van der Waals surface area contributed by atoms with E-state index < -0.39 is 11.5 Å². The topological polar surface area (TPSA) is 97.1 Å². The molecule has 0 aliphatic heterocycles. The Bertz CT molecular complexity index is 689. The van der Waals surface area contributed by atoms with Crippen LogP contribution in [0.25, 0.3) is 5.69 Å². The van der Waals surface area contributed by atoms with Gasteiger partial charge in [0.05, 0.1) is 30.0 Å². The Morgan fingerprint density at radius 1 is 1.22 bits per heavy atom. The second-order valence-electron chi connectivity index (χ2n) is 5.91. The minimum atomic E-state index is -0.881. The van der Waals surface area contributed by atoms with Crippen molar-refractivity contribution in [3.63, 3.8) is 0 Å². The van der Waals surface area contributed by atoms with Crippen LogP contribution in [-0.4, -0.2) is 37.5 Å². The number of carbonyl (C=O) groups excluding carboxylic acids is 1. The Balaban J connectivity index is 1.73. The Morgan fingerprint density at radius 2 is 1.91 bits per heavy atom. The minimum Gasteiger partial charge on any atom is -0.481 e. The van der Waals surface area contributed by atoms with Crippen molar-refractivity contribution in [1.29, 1.82) is 0 Å². The van der Waals surface area contributed by atoms with E-state index >= 15 is 0 Å². The molecule has 0 spiro atoms. The Kier molecular flexibility index (Phi) is 4.10. The first-order valence-corrected chi connectivity index (χ1v) is 7.59. The molecule has 7 nitrogen and oxygen atoms in total. The molecule has 1 aliphatic carbocycles. The first-order chi connectivity index (χ1) is 11.1. The highest BCUT2D eigenvalue weighted by molar-refractivity contribution is 5.95. The molecular formula is C16H18N4O3. The molecule has 1 heterocycles. The predicted octanol–water partition coefficient (Wildman–Crippen LogP) is 1.78. The lowest BCUT2D eigenvalue weighted by molar-refractivity contribution is -0.138. The average molecular weight is 314 g/mol. The van der Waals surface area contributed by atoms with Crippen molar-refractivity contribution in [2.24, 2.45) is 0 Å². The number of aromatic nitrogens is 3. The Hall–Kier alpha value is -2.70. The number of benzene rings is 1. The third-order valence-electron chi connectivity index (χ3n) is 4.25. The van der Waals surface area contributed by atoms with Crippen LogP contribution in [0.4, 0.5) is 0 Å². The lowest BCUT2D eigenvalue weighted by Gasteiger charge is -2.28. The second-order valence-corrected chi connectivity index (χ2v) is 5.91. The van der Waals surface area contributed by atoms with Gasteiger partial charge in [0.15, 0.2) is 0 Å². The summed E-state index contributed by atoms with van der Waals surface area (Å²) in [5.74, 6) is -1.12. The number of carboxylic acid groups (broad SMARTS) is 1. The standard InChI is InChI=1S/C16H18N4O3/c21-14(22)11-16(7-1-2-8-16)18-15(23)12-3-5-13(6-4-12)20-10-9-17-19-20/h3-6,9-10H,1-2,7-8,11H2,(H,18,23)(H,21,22). The van der Waals surface area contributed by atoms with Gasteiger partial charge in [-0.1, -0.05) is 18.1 Å². The summed E-state index contributed by atoms with van der Waals surface area (Å²) >= 11 is 0. The van der Waals surface area contributed by atoms with E-state index in [1.807, 2.05) is 0 Å². The van der Waals surface area contributed by atoms with Crippen LogP contribution in [-0.2, 0) is 4.79 Å². The fourth-order valence-electron chi connectivity index (χ4n) is 3.11. The van der Waals surface area contributed by atoms with Crippen molar-refractivity contribution < 1.29 is 14.7 Å². The third kappa shape index (κ3) is 3.39. The maximum absolute atomic E-state index is 12.4. The number of amides is 1. The molecule has 0 saturated heterocycles. The molecule has 23 heavy (non-hydrogen) atoms. The number of hydrogen-bond acceptors (Lipinski definition) is 4. The van der Waals surface area contributed by atoms with Crippen molar-refractivity contribution in [3.8, 4) is 5.69 Å². The van der Waals surface area contributed by atoms with Crippen molar-refractivity contribution >= 4 is 11.9 Å². The van der Waals surface area contributed by atoms with E-state index in [9.17, 15) is 9.59 Å². The van der Waals surface area contributed by atoms with Gasteiger partial charge in [-0.25, -0.2) is 4.68 Å². The summed E-state index contributed by atoms with van der Waals surface area (Å²) in [5, 5.41) is 19.7. The molecule has 2 N–H and O–H groups in total. The first-order valence-electron chi connectivity index (χ1n) is 7.59. The molecule has 1 fully saturated rings. The summed E-state index contributed by atoms with van der Waals surface area (Å²) in [5.41, 5.74) is 0.693. The molecule has 1 aromatic heterocycles. The summed E-state index contributed by atoms with van der Waals surface area (Å²) in [7, 11) is 0. The van der Waals surface area contributed by atoms with E-state index in [0.717, 1.165) is 18.5 Å². The van der Waals surface area contributed by atoms with E-state index in [2.05, 4.69) is 15.6 Å². The number of aliphatic carboxylic acids is 1. The maximum Gasteiger partial charge on any atom is 0.305 e. The molecule has 0 bridgehead atoms. The molecule has 1 aliphatic rings. The number of nitrogens with one attached hydrogen (secondary N) is 1. The molecule has 3 rings (SSSR count). The van der Waals surface area contributed by atoms with Gasteiger partial charge in [0, 0.05) is 5.56 Å². The molecule has 2 aromatic rings. The van der Waals surface area contributed by atoms with Crippen molar-refractivity contribution in [2.45, 2.75) is 37.6 Å². The van der Waals surface area contributed by atoms with Gasteiger partial charge in [0.1, 0.15) is 0 Å². The highest BCUT2D eigenvalue weighted by Crippen LogP contribution is 2.33. The van der Waals surface area contributed by atoms with E-state index in [-0.39, 0.29) is 12.3 Å². The van der Waals surface area contributed by atoms with Crippen LogP contribution < -0.4 is 5.32 Å². The fraction of sp³-hybridized carbons (Fsp3) is 0.375. The molecule has 0 radical (unpaired) electrons. The molecular weight excluding hydrogens is 296 g/mol. The number of carboxylic acids is 1. The summed E-state index contributed by atoms with van der Waals surface area (Å²) in [6.07, 6.45) is 6.57. The monoisotopic (exact) mass is 314 g/mol. The Labute approximate surface area is 133 Å². The second kappa shape index (κ2) is 6.20. The van der Waals surface area contributed by atoms with E-state index in [1.165, 1.54) is 0 Å². The molecule has 120 valence electrons. The van der Waals surface area contributed by atoms with Gasteiger partial charge >= 0.3 is 5.97 Å². The van der Waals surface area contributed by atoms with Crippen LogP contribution in [0.15, 0.2) is 36.7 Å². The van der Waals surface area contributed by atoms with E-state index in [0.29, 0.717) is 18.4 Å². The molecule has 0 unspecified atom stereocenters. The van der Waals surface area contributed by atoms with Crippen LogP contribution in [0.3, 0.4) is 0 Å². The highest BCUT2D eigenvalue weighted by Gasteiger charge is 2.37. The summed E-state index contributed by atoms with van der Waals surface area (Å²) in [4.78, 5) is 23.5. The third-order valence-corrected chi connectivity index (χ3v) is 4.25. The SMILES string of the molecule is O=C(O)CC1(NC(=O)c2ccc(-n3ccnn3)cc2)CCCC1. The van der Waals surface area contributed by atoms with Gasteiger partial charge in [-0.3, -0.25) is 9.59 Å². The number of rotatable bonds is 5. The highest BCUT2D eigenvalue weighted by atomic mass is 16.4. The summed E-state index contributed by atoms with van der Waals surface area (Å²) in [6, 6.07) is 6.97. The van der Waals surface area contributed by atoms with Gasteiger partial charge in [0.2, 0.25) is 0 Å². The maximum atomic E-state index is 12.4. The van der Waals surface area contributed by atoms with Crippen LogP contribution in [0.5, 0.6) is 0 Å². The van der Waals surface area contributed by atoms with E-state index in [4.69, 9.17) is 5.11 Å². The van der Waals surface area contributed by atoms with Crippen LogP contribution >= 0.6 is 0 Å². The Morgan fingerprint density at radius 3 is 2.48 bits per heavy atom. The summed E-state index contributed by atoms with van der Waals surface area (Å²) < 4.78 is 1.60. The quantitative estimate of drug-likeness (QED) is 0.877. The minimum absolute atomic E-state index is 0.0320. The molecule has 0 atom stereocenters. The molecule has 1 aromatic carbocycles. The van der Waals surface area contributed by atoms with Crippen molar-refractivity contribution in [2.75, 3.05) is 0 Å². The zero-order valence-electron chi connectivity index (χ0n) is 12.6. The number of carbonyl (C=O) groups is 2. The molecule has 1 saturated carbocycles. The predicted molar refractivity (Wildman–Crippen MR) is 82.3 cm³/mol. The van der Waals surface area contributed by atoms with Gasteiger partial charge in [0.25, 0.3) is 5.91 Å². The summed E-state index contributed by atoms with van der Waals surface area (Å²) in [6.45, 7) is 0. The van der Waals surface area contributed by atoms with Gasteiger partial charge in [-0.2, -0.15) is 0 Å². The molecule has 7 heteroatoms. The van der Waals surface area contributed by atoms with Crippen molar-refractivity contribution in [1.82, 2.24) is 20.3 Å². The first kappa shape index (κ1) is 15.2. The molecule has 1 amide bonds. The normalized spacial score (nSPS) is 16.2. The zero-order valence-corrected chi connectivity index (χ0v) is 12.6. The number of nitrogens with zero attached hydrogens (tertiary/aromatic N) is 3. The lowest BCUT2D eigenvalue weighted by Crippen LogP contribution is -2.47. The zero-order chi connectivity index (χ0) is 16.3. The van der Waals surface area contributed by atoms with Crippen LogP contribution in [0.1, 0.15) is 42.5 Å². The smallest absolute Gasteiger partial charge is 0.305 e. The van der Waals surface area contributed by atoms with Gasteiger partial charge in [-0.05, 0) is 37.1 Å². The number of hydrogen-bond donors (Lipinski definition) is 2. The largest absolute Gasteiger partial charge is 0.481 e.